The lowest BCUT2D eigenvalue weighted by atomic mass is 10.2. The molecule has 1 heterocycles. The van der Waals surface area contributed by atoms with Crippen LogP contribution < -0.4 is 10.0 Å². The summed E-state index contributed by atoms with van der Waals surface area (Å²) in [6, 6.07) is 1.32. The zero-order valence-corrected chi connectivity index (χ0v) is 10.8. The van der Waals surface area contributed by atoms with Crippen molar-refractivity contribution in [1.82, 2.24) is 15.0 Å². The molecule has 0 aliphatic rings. The van der Waals surface area contributed by atoms with Gasteiger partial charge in [0.25, 0.3) is 5.91 Å². The van der Waals surface area contributed by atoms with Crippen molar-refractivity contribution in [3.8, 4) is 0 Å². The van der Waals surface area contributed by atoms with Gasteiger partial charge in [-0.15, -0.1) is 0 Å². The maximum Gasteiger partial charge on any atom is 0.252 e. The number of hydrogen-bond acceptors (Lipinski definition) is 4. The van der Waals surface area contributed by atoms with Crippen molar-refractivity contribution in [2.24, 2.45) is 0 Å². The van der Waals surface area contributed by atoms with E-state index in [1.54, 1.807) is 13.8 Å². The molecule has 0 aliphatic heterocycles. The van der Waals surface area contributed by atoms with E-state index in [2.05, 4.69) is 15.0 Å². The van der Waals surface area contributed by atoms with Crippen LogP contribution in [0, 0.1) is 6.92 Å². The quantitative estimate of drug-likeness (QED) is 0.797. The molecule has 6 nitrogen and oxygen atoms in total. The number of carbonyl (C=O) groups excluding carboxylic acids is 1. The average Bonchev–Trinajstić information content (AvgIpc) is 2.28. The number of rotatable bonds is 4. The Bertz CT molecular complexity index is 526. The second-order valence-corrected chi connectivity index (χ2v) is 5.15. The number of amides is 1. The summed E-state index contributed by atoms with van der Waals surface area (Å²) >= 11 is 0. The summed E-state index contributed by atoms with van der Waals surface area (Å²) in [5.74, 6) is -0.358. The van der Waals surface area contributed by atoms with Crippen LogP contribution in [0.2, 0.25) is 0 Å². The first-order valence-electron chi connectivity index (χ1n) is 5.10. The number of sulfonamides is 1. The second kappa shape index (κ2) is 5.24. The molecule has 2 N–H and O–H groups in total. The molecule has 1 rings (SSSR count). The van der Waals surface area contributed by atoms with Gasteiger partial charge in [0.05, 0.1) is 11.3 Å². The van der Waals surface area contributed by atoms with Crippen LogP contribution in [0.1, 0.15) is 23.0 Å². The van der Waals surface area contributed by atoms with Crippen molar-refractivity contribution < 1.29 is 13.2 Å². The zero-order valence-electron chi connectivity index (χ0n) is 9.94. The van der Waals surface area contributed by atoms with Crippen molar-refractivity contribution in [2.75, 3.05) is 13.6 Å². The van der Waals surface area contributed by atoms with E-state index in [9.17, 15) is 13.2 Å². The molecule has 94 valence electrons. The van der Waals surface area contributed by atoms with Crippen molar-refractivity contribution in [1.29, 1.82) is 0 Å². The maximum absolute atomic E-state index is 11.7. The lowest BCUT2D eigenvalue weighted by Gasteiger charge is -2.08. The smallest absolute Gasteiger partial charge is 0.252 e. The van der Waals surface area contributed by atoms with Crippen molar-refractivity contribution in [2.45, 2.75) is 18.7 Å². The summed E-state index contributed by atoms with van der Waals surface area (Å²) in [7, 11) is -2.10. The number of nitrogens with one attached hydrogen (secondary N) is 2. The van der Waals surface area contributed by atoms with E-state index in [0.29, 0.717) is 5.69 Å². The first-order valence-corrected chi connectivity index (χ1v) is 6.59. The van der Waals surface area contributed by atoms with Gasteiger partial charge >= 0.3 is 0 Å². The normalized spacial score (nSPS) is 11.2. The molecule has 0 unspecified atom stereocenters. The molecule has 0 aromatic carbocycles. The van der Waals surface area contributed by atoms with Gasteiger partial charge in [0.2, 0.25) is 10.0 Å². The minimum Gasteiger partial charge on any atom is -0.355 e. The fourth-order valence-electron chi connectivity index (χ4n) is 1.30. The highest BCUT2D eigenvalue weighted by molar-refractivity contribution is 7.89. The van der Waals surface area contributed by atoms with E-state index < -0.39 is 10.0 Å². The molecule has 0 spiro atoms. The Morgan fingerprint density at radius 2 is 2.12 bits per heavy atom. The molecule has 1 aromatic heterocycles. The SMILES string of the molecule is CCNS(=O)(=O)c1cnc(C)c(C(=O)NC)c1. The Morgan fingerprint density at radius 3 is 2.65 bits per heavy atom. The number of nitrogens with zero attached hydrogens (tertiary/aromatic N) is 1. The summed E-state index contributed by atoms with van der Waals surface area (Å²) in [6.45, 7) is 3.61. The van der Waals surface area contributed by atoms with Gasteiger partial charge < -0.3 is 5.32 Å². The van der Waals surface area contributed by atoms with E-state index in [-0.39, 0.29) is 22.9 Å². The molecular formula is C10H15N3O3S. The Morgan fingerprint density at radius 1 is 1.47 bits per heavy atom. The third-order valence-electron chi connectivity index (χ3n) is 2.18. The first kappa shape index (κ1) is 13.6. The minimum atomic E-state index is -3.58. The van der Waals surface area contributed by atoms with E-state index in [0.717, 1.165) is 0 Å². The molecule has 1 amide bonds. The fraction of sp³-hybridized carbons (Fsp3) is 0.400. The van der Waals surface area contributed by atoms with Crippen LogP contribution in [0.25, 0.3) is 0 Å². The monoisotopic (exact) mass is 257 g/mol. The molecule has 0 radical (unpaired) electrons. The van der Waals surface area contributed by atoms with Crippen LogP contribution in [-0.4, -0.2) is 32.9 Å². The standard InChI is InChI=1S/C10H15N3O3S/c1-4-13-17(15,16)8-5-9(10(14)11-3)7(2)12-6-8/h5-6,13H,4H2,1-3H3,(H,11,14). The summed E-state index contributed by atoms with van der Waals surface area (Å²) < 4.78 is 25.8. The lowest BCUT2D eigenvalue weighted by Crippen LogP contribution is -2.25. The molecule has 0 aliphatic carbocycles. The van der Waals surface area contributed by atoms with Crippen LogP contribution in [0.3, 0.4) is 0 Å². The second-order valence-electron chi connectivity index (χ2n) is 3.38. The van der Waals surface area contributed by atoms with Gasteiger partial charge in [-0.1, -0.05) is 6.92 Å². The lowest BCUT2D eigenvalue weighted by molar-refractivity contribution is 0.0962. The van der Waals surface area contributed by atoms with Gasteiger partial charge in [-0.25, -0.2) is 13.1 Å². The van der Waals surface area contributed by atoms with Gasteiger partial charge in [-0.2, -0.15) is 0 Å². The molecule has 0 bridgehead atoms. The minimum absolute atomic E-state index is 0.0106. The van der Waals surface area contributed by atoms with Crippen LogP contribution in [0.15, 0.2) is 17.2 Å². The summed E-state index contributed by atoms with van der Waals surface area (Å²) in [5, 5.41) is 2.44. The van der Waals surface area contributed by atoms with Crippen molar-refractivity contribution in [3.05, 3.63) is 23.5 Å². The molecule has 17 heavy (non-hydrogen) atoms. The van der Waals surface area contributed by atoms with Gasteiger partial charge in [0.1, 0.15) is 4.90 Å². The van der Waals surface area contributed by atoms with Crippen LogP contribution in [0.5, 0.6) is 0 Å². The number of pyridine rings is 1. The summed E-state index contributed by atoms with van der Waals surface area (Å²) in [5.41, 5.74) is 0.742. The Hall–Kier alpha value is -1.47. The average molecular weight is 257 g/mol. The Balaban J connectivity index is 3.26. The predicted octanol–water partition coefficient (Wildman–Crippen LogP) is 0.0478. The van der Waals surface area contributed by atoms with Gasteiger partial charge in [0, 0.05) is 19.8 Å². The zero-order chi connectivity index (χ0) is 13.1. The van der Waals surface area contributed by atoms with E-state index in [1.165, 1.54) is 19.3 Å². The third-order valence-corrected chi connectivity index (χ3v) is 3.69. The van der Waals surface area contributed by atoms with Gasteiger partial charge in [-0.05, 0) is 13.0 Å². The highest BCUT2D eigenvalue weighted by Gasteiger charge is 2.17. The van der Waals surface area contributed by atoms with E-state index in [4.69, 9.17) is 0 Å². The number of hydrogen-bond donors (Lipinski definition) is 2. The van der Waals surface area contributed by atoms with E-state index in [1.807, 2.05) is 0 Å². The number of carbonyl (C=O) groups is 1. The van der Waals surface area contributed by atoms with Crippen LogP contribution in [-0.2, 0) is 10.0 Å². The largest absolute Gasteiger partial charge is 0.355 e. The third kappa shape index (κ3) is 3.01. The van der Waals surface area contributed by atoms with E-state index >= 15 is 0 Å². The molecule has 0 fully saturated rings. The summed E-state index contributed by atoms with van der Waals surface area (Å²) in [6.07, 6.45) is 1.24. The Labute approximate surface area is 100 Å². The maximum atomic E-state index is 11.7. The fourth-order valence-corrected chi connectivity index (χ4v) is 2.31. The van der Waals surface area contributed by atoms with Gasteiger partial charge in [0.15, 0.2) is 0 Å². The van der Waals surface area contributed by atoms with Crippen LogP contribution >= 0.6 is 0 Å². The Kier molecular flexibility index (Phi) is 4.19. The molecule has 0 saturated heterocycles. The highest BCUT2D eigenvalue weighted by atomic mass is 32.2. The predicted molar refractivity (Wildman–Crippen MR) is 63.2 cm³/mol. The first-order chi connectivity index (χ1) is 7.92. The number of aryl methyl sites for hydroxylation is 1. The number of aromatic nitrogens is 1. The molecule has 0 saturated carbocycles. The molecule has 7 heteroatoms. The molecule has 1 aromatic rings. The highest BCUT2D eigenvalue weighted by Crippen LogP contribution is 2.12. The topological polar surface area (TPSA) is 88.2 Å². The van der Waals surface area contributed by atoms with Crippen molar-refractivity contribution in [3.63, 3.8) is 0 Å². The van der Waals surface area contributed by atoms with Gasteiger partial charge in [-0.3, -0.25) is 9.78 Å². The molecule has 0 atom stereocenters. The van der Waals surface area contributed by atoms with Crippen molar-refractivity contribution >= 4 is 15.9 Å². The molecular weight excluding hydrogens is 242 g/mol. The summed E-state index contributed by atoms with van der Waals surface area (Å²) in [4.78, 5) is 15.4. The van der Waals surface area contributed by atoms with Crippen LogP contribution in [0.4, 0.5) is 0 Å².